The fourth-order valence-corrected chi connectivity index (χ4v) is 3.48. The number of carbonyl (C=O) groups is 1. The molecule has 2 aliphatic carbocycles. The molecule has 0 N–H and O–H groups in total. The molecule has 86 valence electrons. The van der Waals surface area contributed by atoms with E-state index in [0.29, 0.717) is 5.78 Å². The van der Waals surface area contributed by atoms with E-state index in [1.807, 2.05) is 0 Å². The molecule has 0 aliphatic heterocycles. The van der Waals surface area contributed by atoms with Crippen LogP contribution in [0.4, 0.5) is 0 Å². The summed E-state index contributed by atoms with van der Waals surface area (Å²) in [5, 5.41) is 0. The topological polar surface area (TPSA) is 17.1 Å². The Hall–Kier alpha value is -0.330. The fraction of sp³-hybridized carbons (Fsp3) is 0.929. The van der Waals surface area contributed by atoms with Crippen LogP contribution in [0.5, 0.6) is 0 Å². The zero-order chi connectivity index (χ0) is 10.8. The molecular formula is C14H24O. The monoisotopic (exact) mass is 208 g/mol. The Labute approximate surface area is 93.6 Å². The van der Waals surface area contributed by atoms with Crippen molar-refractivity contribution in [2.75, 3.05) is 0 Å². The van der Waals surface area contributed by atoms with E-state index in [1.54, 1.807) is 0 Å². The van der Waals surface area contributed by atoms with Gasteiger partial charge < -0.3 is 0 Å². The fourth-order valence-electron chi connectivity index (χ4n) is 3.48. The van der Waals surface area contributed by atoms with Crippen molar-refractivity contribution in [1.29, 1.82) is 0 Å². The molecule has 2 rings (SSSR count). The summed E-state index contributed by atoms with van der Waals surface area (Å²) in [7, 11) is 0. The smallest absolute Gasteiger partial charge is 0.133 e. The molecule has 0 aromatic heterocycles. The highest BCUT2D eigenvalue weighted by molar-refractivity contribution is 5.79. The van der Waals surface area contributed by atoms with Crippen molar-refractivity contribution in [3.8, 4) is 0 Å². The number of hydrogen-bond donors (Lipinski definition) is 0. The Morgan fingerprint density at radius 3 is 2.47 bits per heavy atom. The standard InChI is InChI=1S/C14H24O/c1-10-6-7-13(8-11(10)2)12-4-3-5-14(15)9-12/h10-13H,3-9H2,1-2H3. The lowest BCUT2D eigenvalue weighted by Crippen LogP contribution is -2.29. The molecule has 0 spiro atoms. The van der Waals surface area contributed by atoms with Gasteiger partial charge >= 0.3 is 0 Å². The minimum absolute atomic E-state index is 0.525. The van der Waals surface area contributed by atoms with Crippen molar-refractivity contribution in [3.63, 3.8) is 0 Å². The van der Waals surface area contributed by atoms with Crippen LogP contribution in [0, 0.1) is 23.7 Å². The summed E-state index contributed by atoms with van der Waals surface area (Å²) in [6.45, 7) is 4.77. The third-order valence-corrected chi connectivity index (χ3v) is 4.83. The Morgan fingerprint density at radius 1 is 1.00 bits per heavy atom. The maximum absolute atomic E-state index is 11.5. The van der Waals surface area contributed by atoms with E-state index in [-0.39, 0.29) is 0 Å². The highest BCUT2D eigenvalue weighted by atomic mass is 16.1. The van der Waals surface area contributed by atoms with E-state index in [1.165, 1.54) is 25.7 Å². The van der Waals surface area contributed by atoms with Gasteiger partial charge in [-0.15, -0.1) is 0 Å². The zero-order valence-corrected chi connectivity index (χ0v) is 10.2. The molecule has 15 heavy (non-hydrogen) atoms. The largest absolute Gasteiger partial charge is 0.300 e. The minimum Gasteiger partial charge on any atom is -0.300 e. The van der Waals surface area contributed by atoms with Gasteiger partial charge in [-0.3, -0.25) is 4.79 Å². The predicted octanol–water partition coefficient (Wildman–Crippen LogP) is 3.82. The van der Waals surface area contributed by atoms with Crippen molar-refractivity contribution in [3.05, 3.63) is 0 Å². The van der Waals surface area contributed by atoms with Gasteiger partial charge in [0.15, 0.2) is 0 Å². The summed E-state index contributed by atoms with van der Waals surface area (Å²) in [6.07, 6.45) is 8.36. The molecule has 0 amide bonds. The number of hydrogen-bond acceptors (Lipinski definition) is 1. The Kier molecular flexibility index (Phi) is 3.48. The average Bonchev–Trinajstić information content (AvgIpc) is 2.22. The number of carbonyl (C=O) groups excluding carboxylic acids is 1. The zero-order valence-electron chi connectivity index (χ0n) is 10.2. The molecule has 0 saturated heterocycles. The second kappa shape index (κ2) is 4.67. The first-order valence-electron chi connectivity index (χ1n) is 6.68. The van der Waals surface area contributed by atoms with Crippen LogP contribution in [0.15, 0.2) is 0 Å². The van der Waals surface area contributed by atoms with E-state index < -0.39 is 0 Å². The lowest BCUT2D eigenvalue weighted by atomic mass is 9.67. The van der Waals surface area contributed by atoms with Gasteiger partial charge in [-0.2, -0.15) is 0 Å². The Morgan fingerprint density at radius 2 is 1.80 bits per heavy atom. The first-order valence-corrected chi connectivity index (χ1v) is 6.68. The van der Waals surface area contributed by atoms with Crippen LogP contribution in [0.3, 0.4) is 0 Å². The molecule has 0 aromatic carbocycles. The predicted molar refractivity (Wildman–Crippen MR) is 62.6 cm³/mol. The summed E-state index contributed by atoms with van der Waals surface area (Å²) >= 11 is 0. The van der Waals surface area contributed by atoms with Gasteiger partial charge in [-0.25, -0.2) is 0 Å². The van der Waals surface area contributed by atoms with Crippen LogP contribution in [-0.4, -0.2) is 5.78 Å². The molecule has 0 heterocycles. The summed E-state index contributed by atoms with van der Waals surface area (Å²) in [4.78, 5) is 11.5. The third kappa shape index (κ3) is 2.62. The Balaban J connectivity index is 1.90. The number of ketones is 1. The third-order valence-electron chi connectivity index (χ3n) is 4.83. The molecule has 2 saturated carbocycles. The number of Topliss-reactive ketones (excluding diaryl/α,β-unsaturated/α-hetero) is 1. The summed E-state index contributed by atoms with van der Waals surface area (Å²) in [6, 6.07) is 0. The quantitative estimate of drug-likeness (QED) is 0.640. The minimum atomic E-state index is 0.525. The van der Waals surface area contributed by atoms with Gasteiger partial charge in [0.2, 0.25) is 0 Å². The molecule has 2 fully saturated rings. The van der Waals surface area contributed by atoms with E-state index >= 15 is 0 Å². The van der Waals surface area contributed by atoms with Crippen molar-refractivity contribution in [1.82, 2.24) is 0 Å². The van der Waals surface area contributed by atoms with Crippen molar-refractivity contribution in [2.24, 2.45) is 23.7 Å². The molecule has 4 unspecified atom stereocenters. The molecule has 4 atom stereocenters. The van der Waals surface area contributed by atoms with E-state index in [2.05, 4.69) is 13.8 Å². The SMILES string of the molecule is CC1CCC(C2CCCC(=O)C2)CC1C. The number of rotatable bonds is 1. The van der Waals surface area contributed by atoms with E-state index in [4.69, 9.17) is 0 Å². The lowest BCUT2D eigenvalue weighted by Gasteiger charge is -2.37. The first kappa shape index (κ1) is 11.2. The van der Waals surface area contributed by atoms with Crippen LogP contribution in [0.2, 0.25) is 0 Å². The summed E-state index contributed by atoms with van der Waals surface area (Å²) in [5.41, 5.74) is 0. The molecule has 0 bridgehead atoms. The molecule has 1 heteroatoms. The van der Waals surface area contributed by atoms with Crippen LogP contribution in [0.1, 0.15) is 58.8 Å². The lowest BCUT2D eigenvalue weighted by molar-refractivity contribution is -0.122. The summed E-state index contributed by atoms with van der Waals surface area (Å²) in [5.74, 6) is 3.90. The molecule has 0 radical (unpaired) electrons. The van der Waals surface area contributed by atoms with E-state index in [0.717, 1.165) is 42.9 Å². The maximum atomic E-state index is 11.5. The van der Waals surface area contributed by atoms with Gasteiger partial charge in [0.1, 0.15) is 5.78 Å². The normalized spacial score (nSPS) is 42.9. The second-order valence-electron chi connectivity index (χ2n) is 5.92. The van der Waals surface area contributed by atoms with Gasteiger partial charge in [0.25, 0.3) is 0 Å². The van der Waals surface area contributed by atoms with Crippen molar-refractivity contribution >= 4 is 5.78 Å². The van der Waals surface area contributed by atoms with Crippen LogP contribution in [-0.2, 0) is 4.79 Å². The maximum Gasteiger partial charge on any atom is 0.133 e. The molecule has 1 nitrogen and oxygen atoms in total. The van der Waals surface area contributed by atoms with Crippen molar-refractivity contribution < 1.29 is 4.79 Å². The highest BCUT2D eigenvalue weighted by Crippen LogP contribution is 2.41. The van der Waals surface area contributed by atoms with Crippen LogP contribution in [0.25, 0.3) is 0 Å². The Bertz CT molecular complexity index is 233. The van der Waals surface area contributed by atoms with E-state index in [9.17, 15) is 4.79 Å². The van der Waals surface area contributed by atoms with Gasteiger partial charge in [0, 0.05) is 12.8 Å². The molecule has 0 aromatic rings. The van der Waals surface area contributed by atoms with Crippen molar-refractivity contribution in [2.45, 2.75) is 58.8 Å². The molecular weight excluding hydrogens is 184 g/mol. The summed E-state index contributed by atoms with van der Waals surface area (Å²) < 4.78 is 0. The van der Waals surface area contributed by atoms with Crippen LogP contribution >= 0.6 is 0 Å². The highest BCUT2D eigenvalue weighted by Gasteiger charge is 2.32. The van der Waals surface area contributed by atoms with Gasteiger partial charge in [-0.1, -0.05) is 20.3 Å². The average molecular weight is 208 g/mol. The second-order valence-corrected chi connectivity index (χ2v) is 5.92. The molecule has 2 aliphatic rings. The first-order chi connectivity index (χ1) is 7.16. The van der Waals surface area contributed by atoms with Gasteiger partial charge in [-0.05, 0) is 49.4 Å². The van der Waals surface area contributed by atoms with Crippen LogP contribution < -0.4 is 0 Å². The van der Waals surface area contributed by atoms with Gasteiger partial charge in [0.05, 0.1) is 0 Å².